The van der Waals surface area contributed by atoms with Gasteiger partial charge >= 0.3 is 17.9 Å². The molecule has 3 rings (SSSR count). The van der Waals surface area contributed by atoms with Gasteiger partial charge in [0.15, 0.2) is 0 Å². The first-order valence-corrected chi connectivity index (χ1v) is 15.5. The van der Waals surface area contributed by atoms with Crippen molar-refractivity contribution in [3.8, 4) is 17.2 Å². The Morgan fingerprint density at radius 3 is 1.44 bits per heavy atom. The molecule has 1 atom stereocenters. The standard InChI is InChI=1S/C36H44O7/c1-4-6-8-10-12-26-40-31-20-14-29(15-21-31)35(38)42-33-24-18-30(19-25-33)36(39)43-32-22-16-28(17-23-32)34(37)41-27(3)13-11-9-7-5-2/h14-25,27H,4-13,26H2,1-3H3. The van der Waals surface area contributed by atoms with E-state index in [0.717, 1.165) is 38.5 Å². The van der Waals surface area contributed by atoms with Crippen LogP contribution in [0.25, 0.3) is 0 Å². The number of rotatable bonds is 18. The predicted octanol–water partition coefficient (Wildman–Crippen LogP) is 8.99. The van der Waals surface area contributed by atoms with Crippen molar-refractivity contribution in [3.05, 3.63) is 89.5 Å². The van der Waals surface area contributed by atoms with E-state index in [1.54, 1.807) is 48.5 Å². The molecule has 0 aliphatic carbocycles. The first-order chi connectivity index (χ1) is 20.9. The van der Waals surface area contributed by atoms with Crippen LogP contribution in [-0.2, 0) is 4.74 Å². The van der Waals surface area contributed by atoms with Crippen molar-refractivity contribution < 1.29 is 33.3 Å². The van der Waals surface area contributed by atoms with E-state index in [1.807, 2.05) is 6.92 Å². The van der Waals surface area contributed by atoms with Crippen LogP contribution < -0.4 is 14.2 Å². The molecule has 0 N–H and O–H groups in total. The van der Waals surface area contributed by atoms with Crippen molar-refractivity contribution in [2.24, 2.45) is 0 Å². The summed E-state index contributed by atoms with van der Waals surface area (Å²) in [7, 11) is 0. The van der Waals surface area contributed by atoms with Crippen molar-refractivity contribution in [1.29, 1.82) is 0 Å². The van der Waals surface area contributed by atoms with Crippen molar-refractivity contribution >= 4 is 17.9 Å². The Hall–Kier alpha value is -4.13. The third kappa shape index (κ3) is 11.9. The number of ether oxygens (including phenoxy) is 4. The fourth-order valence-corrected chi connectivity index (χ4v) is 4.40. The molecule has 0 aliphatic rings. The van der Waals surface area contributed by atoms with Crippen LogP contribution in [0.15, 0.2) is 72.8 Å². The number of benzene rings is 3. The average molecular weight is 589 g/mol. The number of esters is 3. The van der Waals surface area contributed by atoms with Crippen LogP contribution in [0.4, 0.5) is 0 Å². The quantitative estimate of drug-likeness (QED) is 0.0832. The van der Waals surface area contributed by atoms with Gasteiger partial charge < -0.3 is 18.9 Å². The van der Waals surface area contributed by atoms with E-state index in [0.29, 0.717) is 35.0 Å². The summed E-state index contributed by atoms with van der Waals surface area (Å²) in [6.45, 7) is 6.90. The predicted molar refractivity (Wildman–Crippen MR) is 167 cm³/mol. The molecule has 0 fully saturated rings. The lowest BCUT2D eigenvalue weighted by Crippen LogP contribution is -2.15. The average Bonchev–Trinajstić information content (AvgIpc) is 3.02. The van der Waals surface area contributed by atoms with Crippen LogP contribution >= 0.6 is 0 Å². The lowest BCUT2D eigenvalue weighted by Gasteiger charge is -2.13. The molecule has 3 aromatic rings. The Morgan fingerprint density at radius 2 is 0.953 bits per heavy atom. The van der Waals surface area contributed by atoms with Crippen LogP contribution in [0.3, 0.4) is 0 Å². The monoisotopic (exact) mass is 588 g/mol. The zero-order valence-corrected chi connectivity index (χ0v) is 25.6. The molecule has 7 nitrogen and oxygen atoms in total. The number of carbonyl (C=O) groups is 3. The minimum Gasteiger partial charge on any atom is -0.494 e. The maximum Gasteiger partial charge on any atom is 0.343 e. The summed E-state index contributed by atoms with van der Waals surface area (Å²) >= 11 is 0. The highest BCUT2D eigenvalue weighted by Gasteiger charge is 2.15. The summed E-state index contributed by atoms with van der Waals surface area (Å²) in [4.78, 5) is 37.6. The molecule has 0 heterocycles. The maximum absolute atomic E-state index is 12.6. The van der Waals surface area contributed by atoms with Gasteiger partial charge in [-0.3, -0.25) is 0 Å². The Labute approximate surface area is 255 Å². The maximum atomic E-state index is 12.6. The number of carbonyl (C=O) groups excluding carboxylic acids is 3. The van der Waals surface area contributed by atoms with E-state index < -0.39 is 17.9 Å². The molecule has 3 aromatic carbocycles. The van der Waals surface area contributed by atoms with E-state index in [2.05, 4.69) is 13.8 Å². The fourth-order valence-electron chi connectivity index (χ4n) is 4.40. The number of hydrogen-bond donors (Lipinski definition) is 0. The second-order valence-corrected chi connectivity index (χ2v) is 10.7. The molecule has 7 heteroatoms. The van der Waals surface area contributed by atoms with Crippen LogP contribution in [0.1, 0.15) is 116 Å². The molecular weight excluding hydrogens is 544 g/mol. The molecule has 0 saturated heterocycles. The van der Waals surface area contributed by atoms with E-state index in [-0.39, 0.29) is 11.7 Å². The van der Waals surface area contributed by atoms with Gasteiger partial charge in [0.05, 0.1) is 29.4 Å². The minimum atomic E-state index is -0.574. The van der Waals surface area contributed by atoms with Crippen molar-refractivity contribution in [3.63, 3.8) is 0 Å². The molecule has 1 unspecified atom stereocenters. The number of hydrogen-bond acceptors (Lipinski definition) is 7. The summed E-state index contributed by atoms with van der Waals surface area (Å²) < 4.78 is 22.2. The van der Waals surface area contributed by atoms with Gasteiger partial charge in [0, 0.05) is 0 Å². The highest BCUT2D eigenvalue weighted by molar-refractivity contribution is 5.93. The highest BCUT2D eigenvalue weighted by atomic mass is 16.5. The Morgan fingerprint density at radius 1 is 0.535 bits per heavy atom. The Bertz CT molecular complexity index is 1260. The highest BCUT2D eigenvalue weighted by Crippen LogP contribution is 2.20. The lowest BCUT2D eigenvalue weighted by molar-refractivity contribution is 0.0319. The first-order valence-electron chi connectivity index (χ1n) is 15.5. The molecule has 0 spiro atoms. The molecule has 0 aliphatic heterocycles. The summed E-state index contributed by atoms with van der Waals surface area (Å²) in [6.07, 6.45) is 11.0. The summed E-state index contributed by atoms with van der Waals surface area (Å²) in [6, 6.07) is 19.2. The van der Waals surface area contributed by atoms with Crippen molar-refractivity contribution in [2.45, 2.75) is 91.1 Å². The minimum absolute atomic E-state index is 0.154. The Kier molecular flexibility index (Phi) is 14.3. The van der Waals surface area contributed by atoms with Gasteiger partial charge in [0.1, 0.15) is 17.2 Å². The zero-order valence-electron chi connectivity index (χ0n) is 25.6. The zero-order chi connectivity index (χ0) is 30.9. The van der Waals surface area contributed by atoms with Gasteiger partial charge in [0.2, 0.25) is 0 Å². The van der Waals surface area contributed by atoms with Crippen LogP contribution in [0.5, 0.6) is 17.2 Å². The lowest BCUT2D eigenvalue weighted by atomic mass is 10.1. The van der Waals surface area contributed by atoms with Crippen LogP contribution in [0, 0.1) is 0 Å². The molecule has 0 saturated carbocycles. The van der Waals surface area contributed by atoms with Crippen molar-refractivity contribution in [1.82, 2.24) is 0 Å². The fraction of sp³-hybridized carbons (Fsp3) is 0.417. The van der Waals surface area contributed by atoms with Crippen molar-refractivity contribution in [2.75, 3.05) is 6.61 Å². The molecule has 0 bridgehead atoms. The molecular formula is C36H44O7. The first kappa shape index (κ1) is 33.4. The third-order valence-electron chi connectivity index (χ3n) is 6.98. The molecule has 0 amide bonds. The molecule has 0 aromatic heterocycles. The normalized spacial score (nSPS) is 11.4. The SMILES string of the molecule is CCCCCCCOc1ccc(C(=O)Oc2ccc(C(=O)Oc3ccc(C(=O)OC(C)CCCCCC)cc3)cc2)cc1. The van der Waals surface area contributed by atoms with Crippen LogP contribution in [0.2, 0.25) is 0 Å². The largest absolute Gasteiger partial charge is 0.494 e. The van der Waals surface area contributed by atoms with E-state index in [4.69, 9.17) is 18.9 Å². The van der Waals surface area contributed by atoms with Gasteiger partial charge in [-0.1, -0.05) is 58.8 Å². The van der Waals surface area contributed by atoms with E-state index in [1.165, 1.54) is 49.9 Å². The summed E-state index contributed by atoms with van der Waals surface area (Å²) in [5.41, 5.74) is 1.08. The second-order valence-electron chi connectivity index (χ2n) is 10.7. The summed E-state index contributed by atoms with van der Waals surface area (Å²) in [5.74, 6) is -0.165. The number of unbranched alkanes of at least 4 members (excludes halogenated alkanes) is 7. The van der Waals surface area contributed by atoms with Gasteiger partial charge in [-0.2, -0.15) is 0 Å². The molecule has 0 radical (unpaired) electrons. The third-order valence-corrected chi connectivity index (χ3v) is 6.98. The van der Waals surface area contributed by atoms with Crippen LogP contribution in [-0.4, -0.2) is 30.6 Å². The van der Waals surface area contributed by atoms with Gasteiger partial charge in [-0.15, -0.1) is 0 Å². The second kappa shape index (κ2) is 18.4. The van der Waals surface area contributed by atoms with Gasteiger partial charge in [-0.05, 0) is 99.0 Å². The molecule has 230 valence electrons. The smallest absolute Gasteiger partial charge is 0.343 e. The van der Waals surface area contributed by atoms with E-state index in [9.17, 15) is 14.4 Å². The topological polar surface area (TPSA) is 88.1 Å². The van der Waals surface area contributed by atoms with Gasteiger partial charge in [-0.25, -0.2) is 14.4 Å². The molecule has 43 heavy (non-hydrogen) atoms. The van der Waals surface area contributed by atoms with Gasteiger partial charge in [0.25, 0.3) is 0 Å². The Balaban J connectivity index is 1.43. The van der Waals surface area contributed by atoms with E-state index >= 15 is 0 Å². The summed E-state index contributed by atoms with van der Waals surface area (Å²) in [5, 5.41) is 0.